The zero-order chi connectivity index (χ0) is 17.5. The minimum atomic E-state index is -4.86. The molecule has 1 unspecified atom stereocenters. The first-order valence-corrected chi connectivity index (χ1v) is 9.31. The molecule has 11 heteroatoms. The largest absolute Gasteiger partial charge is 0.418 e. The molecule has 1 amide bonds. The Kier molecular flexibility index (Phi) is 6.23. The number of nitrogens with zero attached hydrogens (tertiary/aromatic N) is 1. The van der Waals surface area contributed by atoms with Crippen molar-refractivity contribution in [1.29, 1.82) is 0 Å². The van der Waals surface area contributed by atoms with Crippen LogP contribution in [0.2, 0.25) is 0 Å². The maximum Gasteiger partial charge on any atom is 0.418 e. The molecule has 0 saturated carbocycles. The number of sulfone groups is 1. The van der Waals surface area contributed by atoms with Crippen molar-refractivity contribution in [2.24, 2.45) is 0 Å². The maximum absolute atomic E-state index is 13.0. The lowest BCUT2D eigenvalue weighted by Gasteiger charge is -2.44. The molecular formula is C13H22ClF3N2O4S. The first-order chi connectivity index (χ1) is 10.4. The molecule has 0 spiro atoms. The van der Waals surface area contributed by atoms with E-state index < -0.39 is 45.2 Å². The Labute approximate surface area is 145 Å². The number of carbonyl (C=O) groups excluding carboxylic acids is 1. The van der Waals surface area contributed by atoms with E-state index >= 15 is 0 Å². The Hall–Kier alpha value is -0.580. The van der Waals surface area contributed by atoms with E-state index in [4.69, 9.17) is 0 Å². The molecule has 0 aromatic carbocycles. The van der Waals surface area contributed by atoms with E-state index in [1.54, 1.807) is 0 Å². The van der Waals surface area contributed by atoms with Crippen molar-refractivity contribution in [3.8, 4) is 0 Å². The highest BCUT2D eigenvalue weighted by Crippen LogP contribution is 2.39. The molecule has 6 nitrogen and oxygen atoms in total. The number of alkyl halides is 3. The van der Waals surface area contributed by atoms with Crippen molar-refractivity contribution < 1.29 is 31.5 Å². The highest BCUT2D eigenvalue weighted by molar-refractivity contribution is 7.92. The highest BCUT2D eigenvalue weighted by atomic mass is 35.5. The summed E-state index contributed by atoms with van der Waals surface area (Å²) in [6, 6.07) is 0. The van der Waals surface area contributed by atoms with Crippen LogP contribution in [0.15, 0.2) is 0 Å². The number of likely N-dealkylation sites (tertiary alicyclic amines) is 1. The Bertz CT molecular complexity index is 578. The topological polar surface area (TPSA) is 86.7 Å². The summed E-state index contributed by atoms with van der Waals surface area (Å²) < 4.78 is 61.7. The van der Waals surface area contributed by atoms with Crippen molar-refractivity contribution in [1.82, 2.24) is 10.2 Å². The molecule has 0 radical (unpaired) electrons. The van der Waals surface area contributed by atoms with Crippen molar-refractivity contribution in [2.75, 3.05) is 32.4 Å². The van der Waals surface area contributed by atoms with E-state index in [1.807, 2.05) is 0 Å². The zero-order valence-corrected chi connectivity index (χ0v) is 14.9. The minimum absolute atomic E-state index is 0. The Morgan fingerprint density at radius 3 is 2.21 bits per heavy atom. The Morgan fingerprint density at radius 1 is 1.21 bits per heavy atom. The first-order valence-electron chi connectivity index (χ1n) is 7.42. The third kappa shape index (κ3) is 3.66. The van der Waals surface area contributed by atoms with E-state index in [0.717, 1.165) is 11.2 Å². The number of carbonyl (C=O) groups is 1. The summed E-state index contributed by atoms with van der Waals surface area (Å²) in [7, 11) is -3.80. The normalized spacial score (nSPS) is 28.1. The van der Waals surface area contributed by atoms with Crippen molar-refractivity contribution in [3.05, 3.63) is 0 Å². The van der Waals surface area contributed by atoms with Gasteiger partial charge >= 0.3 is 6.18 Å². The lowest BCUT2D eigenvalue weighted by atomic mass is 9.89. The molecule has 142 valence electrons. The van der Waals surface area contributed by atoms with Gasteiger partial charge in [-0.15, -0.1) is 12.4 Å². The molecule has 24 heavy (non-hydrogen) atoms. The summed E-state index contributed by atoms with van der Waals surface area (Å²) >= 11 is 0. The number of hydrogen-bond acceptors (Lipinski definition) is 5. The maximum atomic E-state index is 13.0. The number of rotatable bonds is 2. The SMILES string of the molecule is CS(=O)(=O)C1(C(=O)N2CCCC(O)(C(F)(F)F)C2)CCNCC1.Cl. The fourth-order valence-corrected chi connectivity index (χ4v) is 4.69. The molecule has 0 aliphatic carbocycles. The van der Waals surface area contributed by atoms with Crippen LogP contribution in [0.3, 0.4) is 0 Å². The van der Waals surface area contributed by atoms with Gasteiger partial charge in [0.05, 0.1) is 6.54 Å². The summed E-state index contributed by atoms with van der Waals surface area (Å²) in [5.74, 6) is -0.830. The van der Waals surface area contributed by atoms with Crippen LogP contribution in [0, 0.1) is 0 Å². The molecule has 0 aromatic heterocycles. The van der Waals surface area contributed by atoms with E-state index in [2.05, 4.69) is 5.32 Å². The van der Waals surface area contributed by atoms with Gasteiger partial charge in [-0.05, 0) is 38.8 Å². The predicted molar refractivity (Wildman–Crippen MR) is 83.7 cm³/mol. The van der Waals surface area contributed by atoms with Crippen LogP contribution < -0.4 is 5.32 Å². The van der Waals surface area contributed by atoms with Gasteiger partial charge in [-0.1, -0.05) is 0 Å². The minimum Gasteiger partial charge on any atom is -0.379 e. The van der Waals surface area contributed by atoms with Gasteiger partial charge in [-0.2, -0.15) is 13.2 Å². The monoisotopic (exact) mass is 394 g/mol. The van der Waals surface area contributed by atoms with Gasteiger partial charge in [0.25, 0.3) is 0 Å². The van der Waals surface area contributed by atoms with Crippen molar-refractivity contribution in [2.45, 2.75) is 42.2 Å². The lowest BCUT2D eigenvalue weighted by Crippen LogP contribution is -2.64. The third-order valence-corrected chi connectivity index (χ3v) is 6.80. The summed E-state index contributed by atoms with van der Waals surface area (Å²) in [4.78, 5) is 13.6. The van der Waals surface area contributed by atoms with Gasteiger partial charge in [-0.3, -0.25) is 4.79 Å². The average molecular weight is 395 g/mol. The van der Waals surface area contributed by atoms with E-state index in [9.17, 15) is 31.5 Å². The molecule has 2 rings (SSSR count). The van der Waals surface area contributed by atoms with Crippen molar-refractivity contribution >= 4 is 28.2 Å². The second-order valence-electron chi connectivity index (χ2n) is 6.38. The van der Waals surface area contributed by atoms with Gasteiger partial charge in [0, 0.05) is 12.8 Å². The number of β-amino-alcohol motifs (C(OH)–C–C–N with tert-alkyl or cyclic N) is 1. The van der Waals surface area contributed by atoms with Crippen LogP contribution in [0.25, 0.3) is 0 Å². The highest BCUT2D eigenvalue weighted by Gasteiger charge is 2.58. The van der Waals surface area contributed by atoms with Crippen LogP contribution in [0.4, 0.5) is 13.2 Å². The third-order valence-electron chi connectivity index (χ3n) is 4.80. The van der Waals surface area contributed by atoms with Crippen LogP contribution in [0.5, 0.6) is 0 Å². The molecule has 2 saturated heterocycles. The van der Waals surface area contributed by atoms with Crippen molar-refractivity contribution in [3.63, 3.8) is 0 Å². The standard InChI is InChI=1S/C13H21F3N2O4S.ClH/c1-23(21,22)11(4-6-17-7-5-11)10(19)18-8-2-3-12(20,9-18)13(14,15)16;/h17,20H,2-9H2,1H3;1H. The predicted octanol–water partition coefficient (Wildman–Crippen LogP) is 0.491. The number of piperidine rings is 2. The van der Waals surface area contributed by atoms with Gasteiger partial charge in [-0.25, -0.2) is 8.42 Å². The molecule has 0 aromatic rings. The summed E-state index contributed by atoms with van der Waals surface area (Å²) in [5, 5.41) is 12.8. The molecule has 2 aliphatic heterocycles. The summed E-state index contributed by atoms with van der Waals surface area (Å²) in [6.07, 6.45) is -4.40. The van der Waals surface area contributed by atoms with Crippen LogP contribution >= 0.6 is 12.4 Å². The molecule has 2 fully saturated rings. The van der Waals surface area contributed by atoms with Gasteiger partial charge in [0.15, 0.2) is 20.2 Å². The zero-order valence-electron chi connectivity index (χ0n) is 13.2. The number of halogens is 4. The van der Waals surface area contributed by atoms with Gasteiger partial charge < -0.3 is 15.3 Å². The van der Waals surface area contributed by atoms with Crippen LogP contribution in [0.1, 0.15) is 25.7 Å². The molecule has 0 bridgehead atoms. The first kappa shape index (κ1) is 21.5. The number of amides is 1. The molecule has 2 heterocycles. The molecule has 1 atom stereocenters. The van der Waals surface area contributed by atoms with Crippen LogP contribution in [-0.4, -0.2) is 73.3 Å². The fraction of sp³-hybridized carbons (Fsp3) is 0.923. The molecule has 2 N–H and O–H groups in total. The average Bonchev–Trinajstić information content (AvgIpc) is 2.45. The second kappa shape index (κ2) is 6.97. The Morgan fingerprint density at radius 2 is 1.75 bits per heavy atom. The number of hydrogen-bond donors (Lipinski definition) is 2. The molecule has 2 aliphatic rings. The van der Waals surface area contributed by atoms with Crippen LogP contribution in [-0.2, 0) is 14.6 Å². The lowest BCUT2D eigenvalue weighted by molar-refractivity contribution is -0.272. The van der Waals surface area contributed by atoms with Gasteiger partial charge in [0.2, 0.25) is 5.91 Å². The summed E-state index contributed by atoms with van der Waals surface area (Å²) in [6.45, 7) is -0.297. The molecular weight excluding hydrogens is 373 g/mol. The smallest absolute Gasteiger partial charge is 0.379 e. The number of aliphatic hydroxyl groups is 1. The van der Waals surface area contributed by atoms with E-state index in [-0.39, 0.29) is 38.2 Å². The Balaban J connectivity index is 0.00000288. The fourth-order valence-electron chi connectivity index (χ4n) is 3.30. The second-order valence-corrected chi connectivity index (χ2v) is 8.70. The van der Waals surface area contributed by atoms with Gasteiger partial charge in [0.1, 0.15) is 0 Å². The quantitative estimate of drug-likeness (QED) is 0.712. The number of nitrogens with one attached hydrogen (secondary N) is 1. The summed E-state index contributed by atoms with van der Waals surface area (Å²) in [5.41, 5.74) is -2.98. The van der Waals surface area contributed by atoms with E-state index in [0.29, 0.717) is 13.1 Å². The van der Waals surface area contributed by atoms with E-state index in [1.165, 1.54) is 0 Å².